The molecule has 2 heterocycles. The number of aliphatic carboxylic acids is 1. The number of nitrogens with one attached hydrogen (secondary N) is 1. The maximum Gasteiger partial charge on any atom is 0.310 e. The van der Waals surface area contributed by atoms with Gasteiger partial charge in [0, 0.05) is 29.9 Å². The van der Waals surface area contributed by atoms with Gasteiger partial charge in [-0.15, -0.1) is 23.1 Å². The van der Waals surface area contributed by atoms with Crippen molar-refractivity contribution in [2.45, 2.75) is 19.6 Å². The smallest absolute Gasteiger partial charge is 0.310 e. The third-order valence-corrected chi connectivity index (χ3v) is 4.87. The van der Waals surface area contributed by atoms with Crippen molar-refractivity contribution < 1.29 is 14.7 Å². The van der Waals surface area contributed by atoms with Gasteiger partial charge in [-0.05, 0) is 13.8 Å². The molecule has 0 unspecified atom stereocenters. The molecule has 0 aromatic carbocycles. The van der Waals surface area contributed by atoms with E-state index in [-0.39, 0.29) is 23.8 Å². The van der Waals surface area contributed by atoms with Crippen molar-refractivity contribution in [2.75, 3.05) is 12.3 Å². The lowest BCUT2D eigenvalue weighted by atomic mass is 9.94. The van der Waals surface area contributed by atoms with Crippen LogP contribution < -0.4 is 10.9 Å². The average molecular weight is 355 g/mol. The van der Waals surface area contributed by atoms with Crippen LogP contribution in [0.25, 0.3) is 4.96 Å². The van der Waals surface area contributed by atoms with Crippen LogP contribution in [0.3, 0.4) is 0 Å². The van der Waals surface area contributed by atoms with Crippen LogP contribution in [0, 0.1) is 5.41 Å². The van der Waals surface area contributed by atoms with Gasteiger partial charge in [-0.25, -0.2) is 4.98 Å². The number of hydrogen-bond acceptors (Lipinski definition) is 6. The molecule has 9 heteroatoms. The summed E-state index contributed by atoms with van der Waals surface area (Å²) in [6.07, 6.45) is 1.67. The van der Waals surface area contributed by atoms with E-state index in [4.69, 9.17) is 5.11 Å². The molecule has 0 spiro atoms. The number of fused-ring (bicyclic) bond motifs is 1. The number of thiazole rings is 1. The van der Waals surface area contributed by atoms with Crippen molar-refractivity contribution in [2.24, 2.45) is 5.41 Å². The van der Waals surface area contributed by atoms with E-state index >= 15 is 0 Å². The highest BCUT2D eigenvalue weighted by Gasteiger charge is 2.27. The van der Waals surface area contributed by atoms with Crippen LogP contribution in [0.5, 0.6) is 0 Å². The summed E-state index contributed by atoms with van der Waals surface area (Å²) in [5.74, 6) is -0.571. The minimum atomic E-state index is -0.999. The molecule has 0 fully saturated rings. The molecule has 0 aliphatic rings. The van der Waals surface area contributed by atoms with Gasteiger partial charge in [0.05, 0.1) is 16.9 Å². The van der Waals surface area contributed by atoms with Crippen molar-refractivity contribution in [3.63, 3.8) is 0 Å². The highest BCUT2D eigenvalue weighted by molar-refractivity contribution is 7.99. The van der Waals surface area contributed by atoms with Gasteiger partial charge in [0.25, 0.3) is 5.56 Å². The number of carbonyl (C=O) groups is 2. The van der Waals surface area contributed by atoms with Gasteiger partial charge in [0.1, 0.15) is 0 Å². The second kappa shape index (κ2) is 7.14. The molecular formula is C14H17N3O4S2. The van der Waals surface area contributed by atoms with Gasteiger partial charge in [0.2, 0.25) is 5.91 Å². The molecule has 0 aliphatic heterocycles. The van der Waals surface area contributed by atoms with E-state index in [0.29, 0.717) is 16.4 Å². The molecule has 1 amide bonds. The molecule has 124 valence electrons. The van der Waals surface area contributed by atoms with Gasteiger partial charge in [-0.3, -0.25) is 18.8 Å². The summed E-state index contributed by atoms with van der Waals surface area (Å²) in [6, 6.07) is 1.46. The normalized spacial score (nSPS) is 11.6. The average Bonchev–Trinajstić information content (AvgIpc) is 2.94. The third-order valence-electron chi connectivity index (χ3n) is 3.15. The number of rotatable bonds is 7. The van der Waals surface area contributed by atoms with Crippen molar-refractivity contribution in [3.8, 4) is 0 Å². The molecular weight excluding hydrogens is 338 g/mol. The molecule has 2 rings (SSSR count). The Kier molecular flexibility index (Phi) is 5.42. The van der Waals surface area contributed by atoms with Crippen molar-refractivity contribution in [3.05, 3.63) is 33.7 Å². The van der Waals surface area contributed by atoms with Crippen molar-refractivity contribution in [1.82, 2.24) is 14.7 Å². The van der Waals surface area contributed by atoms with Gasteiger partial charge < -0.3 is 10.4 Å². The van der Waals surface area contributed by atoms with Crippen LogP contribution in [0.4, 0.5) is 0 Å². The van der Waals surface area contributed by atoms with Crippen LogP contribution in [-0.2, 0) is 15.3 Å². The molecule has 0 bridgehead atoms. The molecule has 23 heavy (non-hydrogen) atoms. The summed E-state index contributed by atoms with van der Waals surface area (Å²) in [4.78, 5) is 39.5. The zero-order chi connectivity index (χ0) is 17.0. The summed E-state index contributed by atoms with van der Waals surface area (Å²) in [6.45, 7) is 3.18. The van der Waals surface area contributed by atoms with Gasteiger partial charge >= 0.3 is 5.97 Å². The van der Waals surface area contributed by atoms with E-state index in [1.54, 1.807) is 25.4 Å². The fraction of sp³-hybridized carbons (Fsp3) is 0.429. The first-order valence-electron chi connectivity index (χ1n) is 6.83. The maximum absolute atomic E-state index is 11.8. The Morgan fingerprint density at radius 3 is 2.91 bits per heavy atom. The summed E-state index contributed by atoms with van der Waals surface area (Å²) in [7, 11) is 0. The minimum Gasteiger partial charge on any atom is -0.481 e. The minimum absolute atomic E-state index is 0.0719. The number of carboxylic acid groups (broad SMARTS) is 1. The molecule has 0 radical (unpaired) electrons. The van der Waals surface area contributed by atoms with E-state index in [1.165, 1.54) is 33.6 Å². The summed E-state index contributed by atoms with van der Waals surface area (Å²) in [5, 5.41) is 13.4. The van der Waals surface area contributed by atoms with Crippen LogP contribution in [0.15, 0.2) is 22.4 Å². The van der Waals surface area contributed by atoms with E-state index < -0.39 is 11.4 Å². The number of hydrogen-bond donors (Lipinski definition) is 2. The topological polar surface area (TPSA) is 101 Å². The lowest BCUT2D eigenvalue weighted by molar-refractivity contribution is -0.146. The molecule has 0 aliphatic carbocycles. The van der Waals surface area contributed by atoms with Crippen LogP contribution in [0.1, 0.15) is 19.5 Å². The number of thioether (sulfide) groups is 1. The summed E-state index contributed by atoms with van der Waals surface area (Å²) < 4.78 is 1.47. The molecule has 2 N–H and O–H groups in total. The van der Waals surface area contributed by atoms with E-state index in [9.17, 15) is 14.4 Å². The zero-order valence-electron chi connectivity index (χ0n) is 12.7. The van der Waals surface area contributed by atoms with Gasteiger partial charge in [-0.1, -0.05) is 0 Å². The predicted octanol–water partition coefficient (Wildman–Crippen LogP) is 1.22. The monoisotopic (exact) mass is 355 g/mol. The molecule has 0 saturated carbocycles. The van der Waals surface area contributed by atoms with E-state index in [1.807, 2.05) is 0 Å². The number of amides is 1. The van der Waals surface area contributed by atoms with Gasteiger partial charge in [-0.2, -0.15) is 0 Å². The summed E-state index contributed by atoms with van der Waals surface area (Å²) in [5.41, 5.74) is -0.513. The highest BCUT2D eigenvalue weighted by Crippen LogP contribution is 2.14. The largest absolute Gasteiger partial charge is 0.481 e. The lowest BCUT2D eigenvalue weighted by Gasteiger charge is -2.19. The zero-order valence-corrected chi connectivity index (χ0v) is 14.4. The van der Waals surface area contributed by atoms with Gasteiger partial charge in [0.15, 0.2) is 4.96 Å². The molecule has 0 atom stereocenters. The molecule has 2 aromatic heterocycles. The maximum atomic E-state index is 11.8. The fourth-order valence-corrected chi connectivity index (χ4v) is 3.14. The fourth-order valence-electron chi connectivity index (χ4n) is 1.66. The summed E-state index contributed by atoms with van der Waals surface area (Å²) >= 11 is 2.70. The third kappa shape index (κ3) is 4.55. The Hall–Kier alpha value is -1.87. The molecule has 7 nitrogen and oxygen atoms in total. The molecule has 0 saturated heterocycles. The van der Waals surface area contributed by atoms with Crippen LogP contribution in [-0.4, -0.2) is 38.7 Å². The Balaban J connectivity index is 1.83. The van der Waals surface area contributed by atoms with Crippen molar-refractivity contribution >= 4 is 39.9 Å². The SMILES string of the molecule is CC(C)(CNC(=O)CSCc1cc(=O)n2ccsc2n1)C(=O)O. The highest BCUT2D eigenvalue weighted by atomic mass is 32.2. The van der Waals surface area contributed by atoms with Crippen LogP contribution >= 0.6 is 23.1 Å². The predicted molar refractivity (Wildman–Crippen MR) is 89.9 cm³/mol. The first-order chi connectivity index (χ1) is 10.8. The quantitative estimate of drug-likeness (QED) is 0.774. The van der Waals surface area contributed by atoms with Crippen molar-refractivity contribution in [1.29, 1.82) is 0 Å². The number of carboxylic acids is 1. The number of aromatic nitrogens is 2. The Labute approximate surface area is 140 Å². The standard InChI is InChI=1S/C14H17N3O4S2/c1-14(2,12(20)21)8-15-10(18)7-22-6-9-5-11(19)17-3-4-23-13(17)16-9/h3-5H,6-8H2,1-2H3,(H,15,18)(H,20,21). The number of carbonyl (C=O) groups excluding carboxylic acids is 1. The lowest BCUT2D eigenvalue weighted by Crippen LogP contribution is -2.39. The first kappa shape index (κ1) is 17.5. The molecule has 2 aromatic rings. The second-order valence-electron chi connectivity index (χ2n) is 5.60. The first-order valence-corrected chi connectivity index (χ1v) is 8.87. The Morgan fingerprint density at radius 2 is 2.22 bits per heavy atom. The van der Waals surface area contributed by atoms with Crippen LogP contribution in [0.2, 0.25) is 0 Å². The van der Waals surface area contributed by atoms with E-state index in [2.05, 4.69) is 10.3 Å². The van der Waals surface area contributed by atoms with E-state index in [0.717, 1.165) is 0 Å². The Morgan fingerprint density at radius 1 is 1.48 bits per heavy atom. The Bertz CT molecular complexity index is 782. The second-order valence-corrected chi connectivity index (χ2v) is 7.46. The number of nitrogens with zero attached hydrogens (tertiary/aromatic N) is 2.